The van der Waals surface area contributed by atoms with Crippen molar-refractivity contribution in [2.45, 2.75) is 45.6 Å². The van der Waals surface area contributed by atoms with Gasteiger partial charge in [0.05, 0.1) is 5.69 Å². The topological polar surface area (TPSA) is 53.1 Å². The summed E-state index contributed by atoms with van der Waals surface area (Å²) in [6.45, 7) is 4.44. The Labute approximate surface area is 116 Å². The second-order valence-electron chi connectivity index (χ2n) is 5.82. The van der Waals surface area contributed by atoms with E-state index >= 15 is 0 Å². The van der Waals surface area contributed by atoms with Gasteiger partial charge < -0.3 is 10.6 Å². The molecular weight excluding hydrogens is 234 g/mol. The molecule has 3 N–H and O–H groups in total. The van der Waals surface area contributed by atoms with Gasteiger partial charge in [-0.05, 0) is 37.3 Å². The van der Waals surface area contributed by atoms with Crippen LogP contribution in [0.5, 0.6) is 0 Å². The average molecular weight is 259 g/mol. The minimum absolute atomic E-state index is 0.161. The molecule has 1 aliphatic carbocycles. The maximum Gasteiger partial charge on any atom is 0.124 e. The largest absolute Gasteiger partial charge is 0.384 e. The van der Waals surface area contributed by atoms with Crippen molar-refractivity contribution < 1.29 is 0 Å². The molecule has 0 radical (unpaired) electrons. The Morgan fingerprint density at radius 1 is 1.32 bits per heavy atom. The van der Waals surface area contributed by atoms with Gasteiger partial charge in [-0.3, -0.25) is 5.41 Å². The average Bonchev–Trinajstić information content (AvgIpc) is 2.38. The summed E-state index contributed by atoms with van der Waals surface area (Å²) >= 11 is 0. The molecular formula is C16H25N3. The molecule has 1 fully saturated rings. The summed E-state index contributed by atoms with van der Waals surface area (Å²) in [4.78, 5) is 2.36. The van der Waals surface area contributed by atoms with E-state index in [1.165, 1.54) is 31.2 Å². The molecule has 1 aliphatic rings. The minimum atomic E-state index is 0.161. The van der Waals surface area contributed by atoms with Crippen molar-refractivity contribution in [3.8, 4) is 0 Å². The lowest BCUT2D eigenvalue weighted by Gasteiger charge is -2.39. The van der Waals surface area contributed by atoms with Gasteiger partial charge in [0.15, 0.2) is 0 Å². The first-order valence-electron chi connectivity index (χ1n) is 7.19. The molecule has 3 nitrogen and oxygen atoms in total. The number of aryl methyl sites for hydroxylation is 1. The molecule has 2 unspecified atom stereocenters. The molecule has 0 heterocycles. The highest BCUT2D eigenvalue weighted by molar-refractivity contribution is 6.01. The maximum absolute atomic E-state index is 7.78. The maximum atomic E-state index is 7.78. The van der Waals surface area contributed by atoms with Crippen LogP contribution in [0.4, 0.5) is 5.69 Å². The number of benzene rings is 1. The van der Waals surface area contributed by atoms with E-state index in [1.807, 2.05) is 12.1 Å². The van der Waals surface area contributed by atoms with Gasteiger partial charge in [0, 0.05) is 18.7 Å². The highest BCUT2D eigenvalue weighted by Crippen LogP contribution is 2.33. The van der Waals surface area contributed by atoms with E-state index in [2.05, 4.69) is 31.9 Å². The first kappa shape index (κ1) is 13.9. The van der Waals surface area contributed by atoms with Gasteiger partial charge in [0.2, 0.25) is 0 Å². The number of anilines is 1. The van der Waals surface area contributed by atoms with Crippen LogP contribution in [0.1, 0.15) is 43.7 Å². The molecule has 0 aromatic heterocycles. The molecule has 1 aromatic rings. The molecule has 0 saturated heterocycles. The van der Waals surface area contributed by atoms with E-state index in [4.69, 9.17) is 11.1 Å². The lowest BCUT2D eigenvalue weighted by Crippen LogP contribution is -2.40. The fourth-order valence-electron chi connectivity index (χ4n) is 3.38. The summed E-state index contributed by atoms with van der Waals surface area (Å²) < 4.78 is 0. The monoisotopic (exact) mass is 259 g/mol. The number of rotatable bonds is 3. The van der Waals surface area contributed by atoms with Crippen LogP contribution in [-0.4, -0.2) is 18.9 Å². The lowest BCUT2D eigenvalue weighted by atomic mass is 9.84. The standard InChI is InChI=1S/C16H25N3/c1-11-7-4-5-10-14(11)19(3)15-12(2)8-6-9-13(15)16(17)18/h6,8-9,11,14H,4-5,7,10H2,1-3H3,(H3,17,18). The Hall–Kier alpha value is -1.51. The van der Waals surface area contributed by atoms with Gasteiger partial charge in [0.25, 0.3) is 0 Å². The van der Waals surface area contributed by atoms with E-state index < -0.39 is 0 Å². The van der Waals surface area contributed by atoms with Gasteiger partial charge in [-0.2, -0.15) is 0 Å². The molecule has 19 heavy (non-hydrogen) atoms. The summed E-state index contributed by atoms with van der Waals surface area (Å²) in [5.41, 5.74) is 8.94. The molecule has 0 bridgehead atoms. The first-order valence-corrected chi connectivity index (χ1v) is 7.19. The molecule has 2 atom stereocenters. The van der Waals surface area contributed by atoms with E-state index in [1.54, 1.807) is 0 Å². The van der Waals surface area contributed by atoms with Crippen molar-refractivity contribution in [3.63, 3.8) is 0 Å². The van der Waals surface area contributed by atoms with Crippen LogP contribution in [0, 0.1) is 18.3 Å². The zero-order chi connectivity index (χ0) is 14.0. The van der Waals surface area contributed by atoms with E-state index in [0.29, 0.717) is 12.0 Å². The third kappa shape index (κ3) is 2.75. The molecule has 2 rings (SSSR count). The fourth-order valence-corrected chi connectivity index (χ4v) is 3.38. The summed E-state index contributed by atoms with van der Waals surface area (Å²) in [6, 6.07) is 6.60. The van der Waals surface area contributed by atoms with Gasteiger partial charge in [-0.15, -0.1) is 0 Å². The van der Waals surface area contributed by atoms with Crippen molar-refractivity contribution in [1.82, 2.24) is 0 Å². The fraction of sp³-hybridized carbons (Fsp3) is 0.562. The van der Waals surface area contributed by atoms with Crippen LogP contribution in [0.3, 0.4) is 0 Å². The Bertz CT molecular complexity index is 467. The van der Waals surface area contributed by atoms with Crippen molar-refractivity contribution >= 4 is 11.5 Å². The molecule has 1 saturated carbocycles. The quantitative estimate of drug-likeness (QED) is 0.646. The molecule has 0 aliphatic heterocycles. The molecule has 3 heteroatoms. The second-order valence-corrected chi connectivity index (χ2v) is 5.82. The molecule has 1 aromatic carbocycles. The van der Waals surface area contributed by atoms with Gasteiger partial charge in [0.1, 0.15) is 5.84 Å². The smallest absolute Gasteiger partial charge is 0.124 e. The van der Waals surface area contributed by atoms with E-state index in [-0.39, 0.29) is 5.84 Å². The zero-order valence-corrected chi connectivity index (χ0v) is 12.2. The number of nitrogens with one attached hydrogen (secondary N) is 1. The highest BCUT2D eigenvalue weighted by Gasteiger charge is 2.27. The SMILES string of the molecule is Cc1cccc(C(=N)N)c1N(C)C1CCCCC1C. The third-order valence-electron chi connectivity index (χ3n) is 4.44. The minimum Gasteiger partial charge on any atom is -0.384 e. The second kappa shape index (κ2) is 5.64. The summed E-state index contributed by atoms with van der Waals surface area (Å²) in [6.07, 6.45) is 5.19. The summed E-state index contributed by atoms with van der Waals surface area (Å²) in [5.74, 6) is 0.868. The summed E-state index contributed by atoms with van der Waals surface area (Å²) in [7, 11) is 2.15. The molecule has 0 amide bonds. The summed E-state index contributed by atoms with van der Waals surface area (Å²) in [5, 5.41) is 7.78. The number of amidine groups is 1. The predicted molar refractivity (Wildman–Crippen MR) is 82.0 cm³/mol. The van der Waals surface area contributed by atoms with Crippen LogP contribution in [0.2, 0.25) is 0 Å². The lowest BCUT2D eigenvalue weighted by molar-refractivity contribution is 0.321. The Kier molecular flexibility index (Phi) is 4.13. The van der Waals surface area contributed by atoms with Crippen molar-refractivity contribution in [1.29, 1.82) is 5.41 Å². The van der Waals surface area contributed by atoms with Crippen molar-refractivity contribution in [2.24, 2.45) is 11.7 Å². The normalized spacial score (nSPS) is 23.1. The predicted octanol–water partition coefficient (Wildman–Crippen LogP) is 3.29. The van der Waals surface area contributed by atoms with Crippen LogP contribution >= 0.6 is 0 Å². The van der Waals surface area contributed by atoms with Crippen molar-refractivity contribution in [3.05, 3.63) is 29.3 Å². The highest BCUT2D eigenvalue weighted by atomic mass is 15.1. The molecule has 0 spiro atoms. The van der Waals surface area contributed by atoms with Crippen LogP contribution < -0.4 is 10.6 Å². The van der Waals surface area contributed by atoms with Crippen molar-refractivity contribution in [2.75, 3.05) is 11.9 Å². The number of nitrogen functional groups attached to an aromatic ring is 1. The van der Waals surface area contributed by atoms with Crippen LogP contribution in [0.25, 0.3) is 0 Å². The third-order valence-corrected chi connectivity index (χ3v) is 4.44. The molecule has 104 valence electrons. The number of hydrogen-bond acceptors (Lipinski definition) is 2. The Morgan fingerprint density at radius 2 is 2.00 bits per heavy atom. The van der Waals surface area contributed by atoms with E-state index in [0.717, 1.165) is 11.3 Å². The number of para-hydroxylation sites is 1. The van der Waals surface area contributed by atoms with Crippen LogP contribution in [0.15, 0.2) is 18.2 Å². The van der Waals surface area contributed by atoms with Gasteiger partial charge in [-0.1, -0.05) is 31.9 Å². The number of hydrogen-bond donors (Lipinski definition) is 2. The van der Waals surface area contributed by atoms with Crippen LogP contribution in [-0.2, 0) is 0 Å². The number of nitrogens with zero attached hydrogens (tertiary/aromatic N) is 1. The zero-order valence-electron chi connectivity index (χ0n) is 12.2. The van der Waals surface area contributed by atoms with E-state index in [9.17, 15) is 0 Å². The van der Waals surface area contributed by atoms with Gasteiger partial charge in [-0.25, -0.2) is 0 Å². The van der Waals surface area contributed by atoms with Gasteiger partial charge >= 0.3 is 0 Å². The number of nitrogens with two attached hydrogens (primary N) is 1. The Morgan fingerprint density at radius 3 is 2.63 bits per heavy atom. The Balaban J connectivity index is 2.37. The first-order chi connectivity index (χ1) is 9.02.